The van der Waals surface area contributed by atoms with Gasteiger partial charge in [0.15, 0.2) is 0 Å². The van der Waals surface area contributed by atoms with Gasteiger partial charge in [0.25, 0.3) is 0 Å². The second kappa shape index (κ2) is 5.40. The number of aromatic nitrogens is 5. The van der Waals surface area contributed by atoms with Crippen molar-refractivity contribution in [2.24, 2.45) is 7.05 Å². The molecule has 0 spiro atoms. The molecule has 0 N–H and O–H groups in total. The number of nitrogens with zero attached hydrogens (tertiary/aromatic N) is 6. The second-order valence-corrected chi connectivity index (χ2v) is 5.02. The van der Waals surface area contributed by atoms with Crippen molar-refractivity contribution in [2.75, 3.05) is 0 Å². The van der Waals surface area contributed by atoms with E-state index in [1.807, 2.05) is 31.2 Å². The molecule has 0 unspecified atom stereocenters. The summed E-state index contributed by atoms with van der Waals surface area (Å²) >= 11 is 0. The lowest BCUT2D eigenvalue weighted by atomic mass is 10.1. The Morgan fingerprint density at radius 1 is 1.27 bits per heavy atom. The molecule has 1 aromatic carbocycles. The van der Waals surface area contributed by atoms with Crippen LogP contribution < -0.4 is 0 Å². The maximum Gasteiger partial charge on any atom is 0.342 e. The minimum atomic E-state index is -0.463. The van der Waals surface area contributed by atoms with Gasteiger partial charge in [-0.3, -0.25) is 0 Å². The summed E-state index contributed by atoms with van der Waals surface area (Å²) in [6, 6.07) is 7.98. The first-order valence-corrected chi connectivity index (χ1v) is 6.67. The molecule has 0 bridgehead atoms. The molecular weight excluding hydrogens is 284 g/mol. The van der Waals surface area contributed by atoms with Gasteiger partial charge in [0.05, 0.1) is 13.2 Å². The fourth-order valence-corrected chi connectivity index (χ4v) is 2.13. The molecule has 8 nitrogen and oxygen atoms in total. The van der Waals surface area contributed by atoms with Crippen LogP contribution in [0.5, 0.6) is 0 Å². The number of hydrogen-bond donors (Lipinski definition) is 0. The van der Waals surface area contributed by atoms with E-state index in [-0.39, 0.29) is 5.82 Å². The molecule has 0 saturated heterocycles. The fraction of sp³-hybridized carbons (Fsp3) is 0.214. The van der Waals surface area contributed by atoms with Gasteiger partial charge in [-0.1, -0.05) is 35.0 Å². The molecule has 0 aliphatic carbocycles. The molecule has 3 rings (SSSR count). The fourth-order valence-electron chi connectivity index (χ4n) is 2.13. The van der Waals surface area contributed by atoms with Gasteiger partial charge in [-0.15, -0.1) is 5.10 Å². The summed E-state index contributed by atoms with van der Waals surface area (Å²) in [5, 5.41) is 19.0. The van der Waals surface area contributed by atoms with Crippen molar-refractivity contribution in [3.05, 3.63) is 58.2 Å². The highest BCUT2D eigenvalue weighted by Gasteiger charge is 2.17. The molecule has 0 aliphatic rings. The Morgan fingerprint density at radius 2 is 2.00 bits per heavy atom. The van der Waals surface area contributed by atoms with E-state index >= 15 is 0 Å². The van der Waals surface area contributed by atoms with Crippen molar-refractivity contribution >= 4 is 5.82 Å². The van der Waals surface area contributed by atoms with Crippen molar-refractivity contribution < 1.29 is 4.92 Å². The molecule has 0 saturated carbocycles. The first-order chi connectivity index (χ1) is 10.5. The number of aryl methyl sites for hydroxylation is 1. The van der Waals surface area contributed by atoms with E-state index in [4.69, 9.17) is 0 Å². The van der Waals surface area contributed by atoms with Crippen LogP contribution in [0.25, 0.3) is 11.3 Å². The molecule has 112 valence electrons. The first kappa shape index (κ1) is 13.9. The van der Waals surface area contributed by atoms with Gasteiger partial charge >= 0.3 is 5.82 Å². The van der Waals surface area contributed by atoms with Gasteiger partial charge in [-0.2, -0.15) is 0 Å². The SMILES string of the molecule is Cc1ccc(-c2cn(Cc3ncc([N+](=O)[O-])n3C)nn2)cc1. The van der Waals surface area contributed by atoms with Crippen LogP contribution >= 0.6 is 0 Å². The van der Waals surface area contributed by atoms with Crippen molar-refractivity contribution in [3.8, 4) is 11.3 Å². The predicted octanol–water partition coefficient (Wildman–Crippen LogP) is 1.94. The van der Waals surface area contributed by atoms with Crippen molar-refractivity contribution in [2.45, 2.75) is 13.5 Å². The van der Waals surface area contributed by atoms with Gasteiger partial charge in [-0.05, 0) is 11.8 Å². The Morgan fingerprint density at radius 3 is 2.64 bits per heavy atom. The van der Waals surface area contributed by atoms with Crippen LogP contribution in [0, 0.1) is 17.0 Å². The van der Waals surface area contributed by atoms with Crippen LogP contribution in [0.3, 0.4) is 0 Å². The normalized spacial score (nSPS) is 10.8. The van der Waals surface area contributed by atoms with E-state index < -0.39 is 4.92 Å². The average Bonchev–Trinajstić information content (AvgIpc) is 3.08. The Balaban J connectivity index is 1.83. The molecule has 0 radical (unpaired) electrons. The van der Waals surface area contributed by atoms with Crippen LogP contribution in [0.4, 0.5) is 5.82 Å². The van der Waals surface area contributed by atoms with E-state index in [0.717, 1.165) is 11.3 Å². The van der Waals surface area contributed by atoms with Crippen LogP contribution in [0.2, 0.25) is 0 Å². The highest BCUT2D eigenvalue weighted by atomic mass is 16.6. The highest BCUT2D eigenvalue weighted by molar-refractivity contribution is 5.57. The van der Waals surface area contributed by atoms with E-state index in [1.54, 1.807) is 17.9 Å². The lowest BCUT2D eigenvalue weighted by molar-refractivity contribution is -0.391. The summed E-state index contributed by atoms with van der Waals surface area (Å²) in [4.78, 5) is 14.4. The first-order valence-electron chi connectivity index (χ1n) is 6.67. The monoisotopic (exact) mass is 298 g/mol. The van der Waals surface area contributed by atoms with Gasteiger partial charge in [-0.25, -0.2) is 14.2 Å². The van der Waals surface area contributed by atoms with Gasteiger partial charge < -0.3 is 10.1 Å². The quantitative estimate of drug-likeness (QED) is 0.542. The number of imidazole rings is 1. The minimum absolute atomic E-state index is 0.0473. The van der Waals surface area contributed by atoms with Gasteiger partial charge in [0.2, 0.25) is 5.82 Å². The molecule has 8 heteroatoms. The van der Waals surface area contributed by atoms with Crippen LogP contribution in [0.1, 0.15) is 11.4 Å². The number of nitro groups is 1. The van der Waals surface area contributed by atoms with Crippen molar-refractivity contribution in [1.82, 2.24) is 24.5 Å². The second-order valence-electron chi connectivity index (χ2n) is 5.02. The van der Waals surface area contributed by atoms with Gasteiger partial charge in [0.1, 0.15) is 18.4 Å². The lowest BCUT2D eigenvalue weighted by Gasteiger charge is -1.99. The zero-order valence-electron chi connectivity index (χ0n) is 12.2. The Bertz CT molecular complexity index is 818. The minimum Gasteiger partial charge on any atom is -0.358 e. The number of hydrogen-bond acceptors (Lipinski definition) is 5. The maximum atomic E-state index is 10.8. The predicted molar refractivity (Wildman–Crippen MR) is 79.2 cm³/mol. The molecule has 2 heterocycles. The van der Waals surface area contributed by atoms with Crippen LogP contribution in [-0.2, 0) is 13.6 Å². The van der Waals surface area contributed by atoms with E-state index in [0.29, 0.717) is 12.4 Å². The number of rotatable bonds is 4. The zero-order valence-corrected chi connectivity index (χ0v) is 12.2. The standard InChI is InChI=1S/C14H14N6O2/c1-10-3-5-11(6-4-10)12-8-19(17-16-12)9-13-15-7-14(18(13)2)20(21)22/h3-8H,9H2,1-2H3. The summed E-state index contributed by atoms with van der Waals surface area (Å²) in [6.07, 6.45) is 3.04. The summed E-state index contributed by atoms with van der Waals surface area (Å²) < 4.78 is 3.05. The zero-order chi connectivity index (χ0) is 15.7. The molecule has 0 fully saturated rings. The Hall–Kier alpha value is -3.03. The molecule has 2 aromatic heterocycles. The van der Waals surface area contributed by atoms with E-state index in [9.17, 15) is 10.1 Å². The largest absolute Gasteiger partial charge is 0.358 e. The maximum absolute atomic E-state index is 10.8. The Labute approximate surface area is 126 Å². The smallest absolute Gasteiger partial charge is 0.342 e. The molecule has 0 aliphatic heterocycles. The molecular formula is C14H14N6O2. The molecule has 0 amide bonds. The third-order valence-electron chi connectivity index (χ3n) is 3.44. The van der Waals surface area contributed by atoms with E-state index in [2.05, 4.69) is 15.3 Å². The van der Waals surface area contributed by atoms with Crippen molar-refractivity contribution in [3.63, 3.8) is 0 Å². The van der Waals surface area contributed by atoms with Crippen LogP contribution in [-0.4, -0.2) is 29.5 Å². The van der Waals surface area contributed by atoms with Crippen LogP contribution in [0.15, 0.2) is 36.7 Å². The number of benzene rings is 1. The molecule has 22 heavy (non-hydrogen) atoms. The summed E-state index contributed by atoms with van der Waals surface area (Å²) in [6.45, 7) is 2.35. The van der Waals surface area contributed by atoms with E-state index in [1.165, 1.54) is 16.3 Å². The summed E-state index contributed by atoms with van der Waals surface area (Å²) in [5.41, 5.74) is 2.91. The lowest BCUT2D eigenvalue weighted by Crippen LogP contribution is -2.08. The third kappa shape index (κ3) is 2.58. The van der Waals surface area contributed by atoms with Gasteiger partial charge in [0, 0.05) is 5.56 Å². The summed E-state index contributed by atoms with van der Waals surface area (Å²) in [5.74, 6) is 0.501. The molecule has 0 atom stereocenters. The molecule has 3 aromatic rings. The summed E-state index contributed by atoms with van der Waals surface area (Å²) in [7, 11) is 1.61. The topological polar surface area (TPSA) is 91.7 Å². The Kier molecular flexibility index (Phi) is 3.42. The van der Waals surface area contributed by atoms with Crippen molar-refractivity contribution in [1.29, 1.82) is 0 Å². The highest BCUT2D eigenvalue weighted by Crippen LogP contribution is 2.17. The third-order valence-corrected chi connectivity index (χ3v) is 3.44. The average molecular weight is 298 g/mol.